The third kappa shape index (κ3) is 3.31. The highest BCUT2D eigenvalue weighted by molar-refractivity contribution is 7.93. The van der Waals surface area contributed by atoms with Gasteiger partial charge >= 0.3 is 0 Å². The molecule has 1 aliphatic rings. The van der Waals surface area contributed by atoms with E-state index in [1.807, 2.05) is 0 Å². The van der Waals surface area contributed by atoms with Crippen LogP contribution in [-0.4, -0.2) is 38.4 Å². The lowest BCUT2D eigenvalue weighted by Crippen LogP contribution is -2.45. The highest BCUT2D eigenvalue weighted by Gasteiger charge is 2.26. The fourth-order valence-electron chi connectivity index (χ4n) is 2.65. The number of thiophene rings is 1. The van der Waals surface area contributed by atoms with Gasteiger partial charge in [0.2, 0.25) is 9.84 Å². The summed E-state index contributed by atoms with van der Waals surface area (Å²) < 4.78 is 25.3. The van der Waals surface area contributed by atoms with Crippen molar-refractivity contribution in [3.05, 3.63) is 47.3 Å². The molecule has 7 heteroatoms. The summed E-state index contributed by atoms with van der Waals surface area (Å²) in [6, 6.07) is 11.3. The number of carbonyl (C=O) groups is 1. The fraction of sp³-hybridized carbons (Fsp3) is 0.312. The highest BCUT2D eigenvalue weighted by Crippen LogP contribution is 2.28. The molecule has 0 bridgehead atoms. The number of piperidine rings is 1. The Kier molecular flexibility index (Phi) is 4.52. The van der Waals surface area contributed by atoms with Crippen molar-refractivity contribution in [3.63, 3.8) is 0 Å². The molecule has 1 aromatic carbocycles. The van der Waals surface area contributed by atoms with Gasteiger partial charge in [-0.3, -0.25) is 4.79 Å². The van der Waals surface area contributed by atoms with E-state index in [1.165, 1.54) is 6.07 Å². The van der Waals surface area contributed by atoms with E-state index in [9.17, 15) is 13.2 Å². The van der Waals surface area contributed by atoms with Crippen LogP contribution in [0.4, 0.5) is 0 Å². The van der Waals surface area contributed by atoms with E-state index < -0.39 is 9.84 Å². The molecule has 1 amide bonds. The van der Waals surface area contributed by atoms with Gasteiger partial charge in [-0.25, -0.2) is 8.42 Å². The normalized spacial score (nSPS) is 18.8. The summed E-state index contributed by atoms with van der Waals surface area (Å²) in [6.45, 7) is 1.20. The lowest BCUT2D eigenvalue weighted by atomic mass is 10.1. The molecule has 0 aliphatic carbocycles. The second-order valence-electron chi connectivity index (χ2n) is 5.59. The summed E-state index contributed by atoms with van der Waals surface area (Å²) in [5, 5.41) is 0. The fourth-order valence-corrected chi connectivity index (χ4v) is 5.34. The van der Waals surface area contributed by atoms with Gasteiger partial charge in [-0.05, 0) is 37.1 Å². The molecule has 0 saturated carbocycles. The minimum absolute atomic E-state index is 0.000170. The van der Waals surface area contributed by atoms with E-state index >= 15 is 0 Å². The lowest BCUT2D eigenvalue weighted by molar-refractivity contribution is 0.0713. The molecule has 1 atom stereocenters. The second kappa shape index (κ2) is 6.43. The van der Waals surface area contributed by atoms with Crippen molar-refractivity contribution in [1.82, 2.24) is 4.90 Å². The predicted octanol–water partition coefficient (Wildman–Crippen LogP) is 2.14. The van der Waals surface area contributed by atoms with Gasteiger partial charge in [-0.2, -0.15) is 0 Å². The quantitative estimate of drug-likeness (QED) is 0.920. The molecule has 5 nitrogen and oxygen atoms in total. The number of hydrogen-bond acceptors (Lipinski definition) is 5. The monoisotopic (exact) mass is 350 g/mol. The Morgan fingerprint density at radius 3 is 2.61 bits per heavy atom. The van der Waals surface area contributed by atoms with Gasteiger partial charge in [-0.1, -0.05) is 18.2 Å². The highest BCUT2D eigenvalue weighted by atomic mass is 32.2. The van der Waals surface area contributed by atoms with Crippen molar-refractivity contribution in [1.29, 1.82) is 0 Å². The van der Waals surface area contributed by atoms with E-state index in [0.29, 0.717) is 18.0 Å². The number of nitrogens with two attached hydrogens (primary N) is 1. The Labute approximate surface area is 139 Å². The number of nitrogens with zero attached hydrogens (tertiary/aromatic N) is 1. The van der Waals surface area contributed by atoms with Crippen molar-refractivity contribution >= 4 is 27.1 Å². The molecule has 0 spiro atoms. The predicted molar refractivity (Wildman–Crippen MR) is 89.3 cm³/mol. The van der Waals surface area contributed by atoms with Gasteiger partial charge in [0, 0.05) is 19.1 Å². The molecular formula is C16H18N2O3S2. The number of sulfone groups is 1. The Hall–Kier alpha value is -1.70. The lowest BCUT2D eigenvalue weighted by Gasteiger charge is -2.30. The van der Waals surface area contributed by atoms with E-state index in [4.69, 9.17) is 5.73 Å². The van der Waals surface area contributed by atoms with Gasteiger partial charge < -0.3 is 10.6 Å². The van der Waals surface area contributed by atoms with Crippen LogP contribution in [0.25, 0.3) is 0 Å². The number of hydrogen-bond donors (Lipinski definition) is 1. The van der Waals surface area contributed by atoms with Crippen molar-refractivity contribution in [3.8, 4) is 0 Å². The van der Waals surface area contributed by atoms with E-state index in [0.717, 1.165) is 24.2 Å². The minimum Gasteiger partial charge on any atom is -0.336 e. The van der Waals surface area contributed by atoms with E-state index in [2.05, 4.69) is 0 Å². The molecule has 122 valence electrons. The second-order valence-corrected chi connectivity index (χ2v) is 8.85. The zero-order valence-electron chi connectivity index (χ0n) is 12.5. The zero-order chi connectivity index (χ0) is 16.4. The third-order valence-corrected chi connectivity index (χ3v) is 7.19. The summed E-state index contributed by atoms with van der Waals surface area (Å²) in [5.41, 5.74) is 5.91. The molecular weight excluding hydrogens is 332 g/mol. The van der Waals surface area contributed by atoms with Gasteiger partial charge in [0.15, 0.2) is 0 Å². The van der Waals surface area contributed by atoms with Crippen LogP contribution in [0.1, 0.15) is 22.5 Å². The Morgan fingerprint density at radius 2 is 1.91 bits per heavy atom. The Morgan fingerprint density at radius 1 is 1.17 bits per heavy atom. The molecule has 1 aliphatic heterocycles. The summed E-state index contributed by atoms with van der Waals surface area (Å²) in [6.07, 6.45) is 1.80. The summed E-state index contributed by atoms with van der Waals surface area (Å²) >= 11 is 1.02. The number of amides is 1. The van der Waals surface area contributed by atoms with Crippen LogP contribution >= 0.6 is 11.3 Å². The van der Waals surface area contributed by atoms with Crippen molar-refractivity contribution in [2.24, 2.45) is 5.73 Å². The van der Waals surface area contributed by atoms with Crippen LogP contribution in [0.3, 0.4) is 0 Å². The van der Waals surface area contributed by atoms with E-state index in [1.54, 1.807) is 41.3 Å². The minimum atomic E-state index is -3.57. The average molecular weight is 350 g/mol. The first-order valence-corrected chi connectivity index (χ1v) is 9.73. The zero-order valence-corrected chi connectivity index (χ0v) is 14.1. The first kappa shape index (κ1) is 16.2. The van der Waals surface area contributed by atoms with Crippen molar-refractivity contribution < 1.29 is 13.2 Å². The maximum atomic E-state index is 12.6. The average Bonchev–Trinajstić information content (AvgIpc) is 3.06. The smallest absolute Gasteiger partial charge is 0.264 e. The molecule has 3 rings (SSSR count). The summed E-state index contributed by atoms with van der Waals surface area (Å²) in [7, 11) is -3.57. The maximum absolute atomic E-state index is 12.6. The summed E-state index contributed by atoms with van der Waals surface area (Å²) in [5.74, 6) is -0.139. The molecule has 2 aromatic rings. The molecule has 1 unspecified atom stereocenters. The molecule has 0 radical (unpaired) electrons. The standard InChI is InChI=1S/C16H18N2O3S2/c17-12-5-4-10-18(11-12)16(19)14-8-9-15(22-14)23(20,21)13-6-2-1-3-7-13/h1-3,6-9,12H,4-5,10-11,17H2. The van der Waals surface area contributed by atoms with E-state index in [-0.39, 0.29) is 21.1 Å². The number of carbonyl (C=O) groups excluding carboxylic acids is 1. The number of likely N-dealkylation sites (tertiary alicyclic amines) is 1. The SMILES string of the molecule is NC1CCCN(C(=O)c2ccc(S(=O)(=O)c3ccccc3)s2)C1. The van der Waals surface area contributed by atoms with Gasteiger partial charge in [0.05, 0.1) is 9.77 Å². The molecule has 2 heterocycles. The Bertz CT molecular complexity index is 800. The Balaban J connectivity index is 1.84. The molecule has 2 N–H and O–H groups in total. The maximum Gasteiger partial charge on any atom is 0.264 e. The first-order chi connectivity index (χ1) is 11.0. The van der Waals surface area contributed by atoms with Gasteiger partial charge in [0.1, 0.15) is 4.21 Å². The van der Waals surface area contributed by atoms with Crippen LogP contribution in [0.15, 0.2) is 51.6 Å². The van der Waals surface area contributed by atoms with Crippen LogP contribution in [0.2, 0.25) is 0 Å². The van der Waals surface area contributed by atoms with Crippen molar-refractivity contribution in [2.45, 2.75) is 28.0 Å². The topological polar surface area (TPSA) is 80.5 Å². The van der Waals surface area contributed by atoms with Crippen LogP contribution < -0.4 is 5.73 Å². The molecule has 1 aromatic heterocycles. The largest absolute Gasteiger partial charge is 0.336 e. The molecule has 1 fully saturated rings. The van der Waals surface area contributed by atoms with Crippen LogP contribution in [0.5, 0.6) is 0 Å². The van der Waals surface area contributed by atoms with Crippen LogP contribution in [0, 0.1) is 0 Å². The first-order valence-electron chi connectivity index (χ1n) is 7.43. The number of benzene rings is 1. The molecule has 23 heavy (non-hydrogen) atoms. The molecule has 1 saturated heterocycles. The van der Waals surface area contributed by atoms with Gasteiger partial charge in [0.25, 0.3) is 5.91 Å². The summed E-state index contributed by atoms with van der Waals surface area (Å²) in [4.78, 5) is 14.9. The number of rotatable bonds is 3. The van der Waals surface area contributed by atoms with Crippen LogP contribution in [-0.2, 0) is 9.84 Å². The van der Waals surface area contributed by atoms with Gasteiger partial charge in [-0.15, -0.1) is 11.3 Å². The third-order valence-electron chi connectivity index (χ3n) is 3.86. The van der Waals surface area contributed by atoms with Crippen molar-refractivity contribution in [2.75, 3.05) is 13.1 Å².